The lowest BCUT2D eigenvalue weighted by Gasteiger charge is -2.14. The van der Waals surface area contributed by atoms with Crippen LogP contribution in [0.4, 0.5) is 21.0 Å². The number of nitrogens with two attached hydrogens (primary N) is 2. The molecule has 0 aliphatic carbocycles. The van der Waals surface area contributed by atoms with Crippen molar-refractivity contribution in [2.75, 3.05) is 22.0 Å². The maximum atomic E-state index is 13.4. The monoisotopic (exact) mass is 1020 g/mol. The van der Waals surface area contributed by atoms with E-state index in [4.69, 9.17) is 20.9 Å². The average Bonchev–Trinajstić information content (AvgIpc) is 4.02. The van der Waals surface area contributed by atoms with Gasteiger partial charge in [-0.15, -0.1) is 0 Å². The summed E-state index contributed by atoms with van der Waals surface area (Å²) in [6.45, 7) is -0.126. The zero-order valence-electron chi connectivity index (χ0n) is 38.7. The fourth-order valence-corrected chi connectivity index (χ4v) is 9.64. The van der Waals surface area contributed by atoms with Crippen LogP contribution in [0.1, 0.15) is 33.4 Å². The van der Waals surface area contributed by atoms with Gasteiger partial charge < -0.3 is 30.1 Å². The molecule has 0 saturated carbocycles. The number of urea groups is 2. The van der Waals surface area contributed by atoms with E-state index in [0.717, 1.165) is 67.4 Å². The van der Waals surface area contributed by atoms with Crippen LogP contribution in [0, 0.1) is 0 Å². The molecule has 10 N–H and O–H groups in total. The Hall–Kier alpha value is -8.06. The number of aromatic amines is 2. The summed E-state index contributed by atoms with van der Waals surface area (Å²) >= 11 is 0. The number of benzene rings is 4. The van der Waals surface area contributed by atoms with E-state index in [2.05, 4.69) is 30.0 Å². The molecule has 4 aromatic carbocycles. The van der Waals surface area contributed by atoms with Crippen molar-refractivity contribution < 1.29 is 55.1 Å². The van der Waals surface area contributed by atoms with Crippen molar-refractivity contribution >= 4 is 89.0 Å². The number of nitrogens with one attached hydrogen (secondary N) is 6. The van der Waals surface area contributed by atoms with Crippen LogP contribution in [0.3, 0.4) is 0 Å². The highest BCUT2D eigenvalue weighted by Crippen LogP contribution is 2.26. The van der Waals surface area contributed by atoms with Gasteiger partial charge in [0.25, 0.3) is 11.8 Å². The molecule has 2 aliphatic heterocycles. The molecule has 0 spiro atoms. The van der Waals surface area contributed by atoms with Crippen LogP contribution in [0.5, 0.6) is 0 Å². The van der Waals surface area contributed by atoms with Crippen molar-refractivity contribution in [2.45, 2.75) is 63.3 Å². The van der Waals surface area contributed by atoms with E-state index in [1.807, 2.05) is 36.4 Å². The molecule has 6 amide bonds. The Kier molecular flexibility index (Phi) is 14.5. The van der Waals surface area contributed by atoms with E-state index in [0.29, 0.717) is 33.6 Å². The van der Waals surface area contributed by atoms with Crippen LogP contribution in [-0.2, 0) is 87.5 Å². The van der Waals surface area contributed by atoms with Crippen molar-refractivity contribution in [1.82, 2.24) is 30.4 Å². The van der Waals surface area contributed by atoms with Gasteiger partial charge in [-0.2, -0.15) is 0 Å². The van der Waals surface area contributed by atoms with Crippen molar-refractivity contribution in [3.8, 4) is 0 Å². The smallest absolute Gasteiger partial charge is 0.332 e. The summed E-state index contributed by atoms with van der Waals surface area (Å²) in [5.41, 5.74) is 18.4. The molecule has 6 aromatic rings. The normalized spacial score (nSPS) is 17.1. The number of ether oxygens (including phenoxy) is 2. The van der Waals surface area contributed by atoms with Crippen LogP contribution in [0.2, 0.25) is 0 Å². The third-order valence-corrected chi connectivity index (χ3v) is 12.8. The van der Waals surface area contributed by atoms with Crippen LogP contribution >= 0.6 is 0 Å². The number of carbonyl (C=O) groups excluding carboxylic acids is 6. The number of hydrogen-bond acceptors (Lipinski definition) is 14. The molecule has 4 atom stereocenters. The number of aromatic nitrogens is 2. The molecule has 2 fully saturated rings. The maximum Gasteiger partial charge on any atom is 0.332 e. The molecule has 2 saturated heterocycles. The number of H-pyrrole nitrogens is 2. The Morgan fingerprint density at radius 3 is 1.40 bits per heavy atom. The molecule has 2 aliphatic rings. The van der Waals surface area contributed by atoms with Crippen LogP contribution in [-0.4, -0.2) is 109 Å². The van der Waals surface area contributed by atoms with Crippen molar-refractivity contribution in [3.05, 3.63) is 143 Å². The SMILES string of the molecule is CS(=O)(=O)Nc1cccc(CN2C(=O)NC(Cc3ccc4[nH]cc(CC(N)OC(=O)/C=C\C(=O)OC(N)Cc5c[nH]c6ccc(CC7NC(=O)N(Cc8cccc(NS(C)(=O)=O)c8)C7=O)cc56)c4c3)C2=O)c1. The Morgan fingerprint density at radius 1 is 0.611 bits per heavy atom. The van der Waals surface area contributed by atoms with Crippen molar-refractivity contribution in [3.63, 3.8) is 0 Å². The first-order chi connectivity index (χ1) is 34.1. The molecule has 0 bridgehead atoms. The highest BCUT2D eigenvalue weighted by molar-refractivity contribution is 7.92. The number of rotatable bonds is 20. The van der Waals surface area contributed by atoms with Gasteiger partial charge in [-0.25, -0.2) is 36.0 Å². The minimum Gasteiger partial charge on any atom is -0.443 e. The van der Waals surface area contributed by atoms with Gasteiger partial charge >= 0.3 is 24.0 Å². The molecule has 0 radical (unpaired) electrons. The Morgan fingerprint density at radius 2 is 1.01 bits per heavy atom. The van der Waals surface area contributed by atoms with Gasteiger partial charge in [0, 0.05) is 83.4 Å². The summed E-state index contributed by atoms with van der Waals surface area (Å²) in [5, 5.41) is 6.93. The molecule has 376 valence electrons. The standard InChI is InChI=1S/C48H50N10O12S2/c1-71(65,66)55-33-7-3-5-29(15-33)25-57-45(61)39(53-47(57)63)19-27-9-11-37-35(17-27)31(23-51-37)21-41(49)69-43(59)13-14-44(60)70-42(50)22-32-24-52-38-12-10-28(18-36(32)38)20-40-46(62)58(48(64)54-40)26-30-6-4-8-34(16-30)56-72(2,67)68/h3-18,23-24,39-42,51-52,55-56H,19-22,25-26,49-50H2,1-2H3,(H,53,63)(H,54,64)/b14-13-. The van der Waals surface area contributed by atoms with Gasteiger partial charge in [-0.05, 0) is 81.9 Å². The topological polar surface area (TPSA) is 327 Å². The average molecular weight is 1020 g/mol. The molecule has 72 heavy (non-hydrogen) atoms. The molecule has 4 heterocycles. The van der Waals surface area contributed by atoms with E-state index >= 15 is 0 Å². The largest absolute Gasteiger partial charge is 0.443 e. The second kappa shape index (κ2) is 20.7. The Labute approximate surface area is 412 Å². The van der Waals surface area contributed by atoms with Crippen LogP contribution in [0.25, 0.3) is 21.8 Å². The second-order valence-electron chi connectivity index (χ2n) is 17.5. The molecule has 24 heteroatoms. The molecule has 22 nitrogen and oxygen atoms in total. The number of fused-ring (bicyclic) bond motifs is 2. The summed E-state index contributed by atoms with van der Waals surface area (Å²) in [4.78, 5) is 86.2. The number of anilines is 2. The fourth-order valence-electron chi connectivity index (χ4n) is 8.53. The molecule has 8 rings (SSSR count). The number of imide groups is 2. The molecule has 4 unspecified atom stereocenters. The van der Waals surface area contributed by atoms with Gasteiger partial charge in [0.15, 0.2) is 12.5 Å². The first-order valence-corrected chi connectivity index (χ1v) is 26.1. The number of esters is 2. The Balaban J connectivity index is 0.804. The van der Waals surface area contributed by atoms with E-state index in [9.17, 15) is 45.6 Å². The molecular formula is C48H50N10O12S2. The van der Waals surface area contributed by atoms with Crippen molar-refractivity contribution in [2.24, 2.45) is 11.5 Å². The van der Waals surface area contributed by atoms with E-state index in [1.54, 1.807) is 60.9 Å². The summed E-state index contributed by atoms with van der Waals surface area (Å²) < 4.78 is 62.1. The summed E-state index contributed by atoms with van der Waals surface area (Å²) in [7, 11) is -7.06. The number of carbonyl (C=O) groups is 6. The lowest BCUT2D eigenvalue weighted by molar-refractivity contribution is -0.145. The van der Waals surface area contributed by atoms with E-state index in [-0.39, 0.29) is 38.8 Å². The van der Waals surface area contributed by atoms with Crippen molar-refractivity contribution in [1.29, 1.82) is 0 Å². The van der Waals surface area contributed by atoms with E-state index < -0.39 is 80.4 Å². The molecular weight excluding hydrogens is 973 g/mol. The van der Waals surface area contributed by atoms with Gasteiger partial charge in [0.2, 0.25) is 20.0 Å². The zero-order chi connectivity index (χ0) is 51.5. The highest BCUT2D eigenvalue weighted by Gasteiger charge is 2.39. The minimum atomic E-state index is -3.53. The lowest BCUT2D eigenvalue weighted by atomic mass is 10.0. The first-order valence-electron chi connectivity index (χ1n) is 22.3. The second-order valence-corrected chi connectivity index (χ2v) is 21.0. The quantitative estimate of drug-likeness (QED) is 0.0236. The van der Waals surface area contributed by atoms with E-state index in [1.165, 1.54) is 0 Å². The number of hydrogen-bond donors (Lipinski definition) is 8. The van der Waals surface area contributed by atoms with Crippen LogP contribution < -0.4 is 31.5 Å². The zero-order valence-corrected chi connectivity index (χ0v) is 40.3. The number of nitrogens with zero attached hydrogens (tertiary/aromatic N) is 2. The lowest BCUT2D eigenvalue weighted by Crippen LogP contribution is -2.32. The summed E-state index contributed by atoms with van der Waals surface area (Å²) in [6.07, 6.45) is 5.47. The third kappa shape index (κ3) is 12.6. The van der Waals surface area contributed by atoms with Crippen LogP contribution in [0.15, 0.2) is 109 Å². The van der Waals surface area contributed by atoms with Gasteiger partial charge in [-0.3, -0.25) is 40.3 Å². The number of amides is 6. The van der Waals surface area contributed by atoms with Gasteiger partial charge in [-0.1, -0.05) is 36.4 Å². The number of sulfonamides is 2. The Bertz CT molecular complexity index is 3170. The van der Waals surface area contributed by atoms with Gasteiger partial charge in [0.05, 0.1) is 25.6 Å². The fraction of sp³-hybridized carbons (Fsp3) is 0.250. The predicted octanol–water partition coefficient (Wildman–Crippen LogP) is 2.72. The minimum absolute atomic E-state index is 0.0631. The maximum absolute atomic E-state index is 13.4. The highest BCUT2D eigenvalue weighted by atomic mass is 32.2. The molecule has 2 aromatic heterocycles. The predicted molar refractivity (Wildman–Crippen MR) is 264 cm³/mol. The first kappa shape index (κ1) is 50.3. The summed E-state index contributed by atoms with van der Waals surface area (Å²) in [5.74, 6) is -2.71. The van der Waals surface area contributed by atoms with Gasteiger partial charge in [0.1, 0.15) is 12.1 Å². The summed E-state index contributed by atoms with van der Waals surface area (Å²) in [6, 6.07) is 20.9. The third-order valence-electron chi connectivity index (χ3n) is 11.6.